The molecule has 0 aliphatic carbocycles. The van der Waals surface area contributed by atoms with Gasteiger partial charge in [0.15, 0.2) is 0 Å². The fraction of sp³-hybridized carbons (Fsp3) is 0. The van der Waals surface area contributed by atoms with Gasteiger partial charge in [-0.2, -0.15) is 0 Å². The van der Waals surface area contributed by atoms with Crippen molar-refractivity contribution in [2.75, 3.05) is 0 Å². The van der Waals surface area contributed by atoms with Gasteiger partial charge in [0.05, 0.1) is 16.7 Å². The highest BCUT2D eigenvalue weighted by Gasteiger charge is 2.23. The maximum atomic E-state index is 5.41. The molecule has 2 nitrogen and oxygen atoms in total. The minimum atomic E-state index is 0.991. The first-order valence-corrected chi connectivity index (χ1v) is 12.7. The van der Waals surface area contributed by atoms with E-state index in [1.54, 1.807) is 0 Å². The fourth-order valence-corrected chi connectivity index (χ4v) is 6.01. The topological polar surface area (TPSA) is 17.3 Å². The molecule has 0 N–H and O–H groups in total. The van der Waals surface area contributed by atoms with Crippen LogP contribution in [0.25, 0.3) is 71.4 Å². The molecule has 0 aliphatic heterocycles. The van der Waals surface area contributed by atoms with E-state index in [0.717, 1.165) is 22.1 Å². The number of pyridine rings is 1. The molecule has 0 bridgehead atoms. The Morgan fingerprint density at radius 3 is 1.57 bits per heavy atom. The van der Waals surface area contributed by atoms with Crippen molar-refractivity contribution in [3.63, 3.8) is 0 Å². The highest BCUT2D eigenvalue weighted by Crippen LogP contribution is 2.44. The molecule has 0 amide bonds. The number of hydrogen-bond donors (Lipinski definition) is 0. The molecule has 0 saturated heterocycles. The third-order valence-electron chi connectivity index (χ3n) is 7.54. The summed E-state index contributed by atoms with van der Waals surface area (Å²) in [4.78, 5) is 5.41. The van der Waals surface area contributed by atoms with Crippen LogP contribution in [0.2, 0.25) is 0 Å². The van der Waals surface area contributed by atoms with Gasteiger partial charge in [0.1, 0.15) is 5.65 Å². The molecular weight excluding hydrogens is 448 g/mol. The molecule has 0 unspecified atom stereocenters. The molecule has 2 aromatic heterocycles. The Kier molecular flexibility index (Phi) is 4.26. The average Bonchev–Trinajstić information content (AvgIpc) is 3.39. The van der Waals surface area contributed by atoms with E-state index in [0.29, 0.717) is 0 Å². The highest BCUT2D eigenvalue weighted by atomic mass is 15.0. The van der Waals surface area contributed by atoms with E-state index in [1.165, 1.54) is 49.3 Å². The third-order valence-corrected chi connectivity index (χ3v) is 7.54. The van der Waals surface area contributed by atoms with E-state index in [9.17, 15) is 0 Å². The van der Waals surface area contributed by atoms with E-state index < -0.39 is 0 Å². The van der Waals surface area contributed by atoms with Crippen molar-refractivity contribution >= 4 is 49.0 Å². The predicted molar refractivity (Wildman–Crippen MR) is 156 cm³/mol. The minimum Gasteiger partial charge on any atom is -0.290 e. The Bertz CT molecular complexity index is 2120. The maximum Gasteiger partial charge on any atom is 0.146 e. The van der Waals surface area contributed by atoms with Crippen LogP contribution in [0.15, 0.2) is 133 Å². The zero-order chi connectivity index (χ0) is 24.3. The van der Waals surface area contributed by atoms with E-state index in [4.69, 9.17) is 4.98 Å². The van der Waals surface area contributed by atoms with Crippen molar-refractivity contribution in [3.8, 4) is 22.4 Å². The summed E-state index contributed by atoms with van der Waals surface area (Å²) in [5.74, 6) is 0. The number of fused-ring (bicyclic) bond motifs is 10. The Morgan fingerprint density at radius 1 is 0.405 bits per heavy atom. The van der Waals surface area contributed by atoms with Crippen LogP contribution < -0.4 is 0 Å². The van der Waals surface area contributed by atoms with Gasteiger partial charge in [-0.3, -0.25) is 4.40 Å². The average molecular weight is 471 g/mol. The van der Waals surface area contributed by atoms with Gasteiger partial charge < -0.3 is 0 Å². The van der Waals surface area contributed by atoms with Crippen LogP contribution >= 0.6 is 0 Å². The summed E-state index contributed by atoms with van der Waals surface area (Å²) in [6.07, 6.45) is 0. The predicted octanol–water partition coefficient (Wildman–Crippen LogP) is 9.28. The molecule has 0 radical (unpaired) electrons. The molecule has 0 spiro atoms. The maximum absolute atomic E-state index is 5.41. The molecule has 0 aliphatic rings. The zero-order valence-electron chi connectivity index (χ0n) is 20.1. The molecule has 6 aromatic carbocycles. The molecule has 0 saturated carbocycles. The van der Waals surface area contributed by atoms with Crippen molar-refractivity contribution in [3.05, 3.63) is 133 Å². The standard InChI is InChI=1S/C35H22N2/c1-3-13-23(14-4-1)31-27-19-9-12-22-30(27)35-36-32-28-20-10-7-17-25(28)26-18-8-11-21-29(26)34(32)37(35)33(31)24-15-5-2-6-16-24/h1-22H. The Balaban J connectivity index is 1.75. The van der Waals surface area contributed by atoms with Crippen LogP contribution in [0.1, 0.15) is 0 Å². The van der Waals surface area contributed by atoms with Gasteiger partial charge in [-0.15, -0.1) is 0 Å². The van der Waals surface area contributed by atoms with Crippen LogP contribution in [0.4, 0.5) is 0 Å². The monoisotopic (exact) mass is 470 g/mol. The lowest BCUT2D eigenvalue weighted by Gasteiger charge is -2.18. The van der Waals surface area contributed by atoms with Gasteiger partial charge in [-0.1, -0.05) is 133 Å². The Labute approximate surface area is 214 Å². The van der Waals surface area contributed by atoms with Crippen LogP contribution in [0, 0.1) is 0 Å². The first-order chi connectivity index (χ1) is 18.4. The lowest BCUT2D eigenvalue weighted by molar-refractivity contribution is 1.25. The van der Waals surface area contributed by atoms with Gasteiger partial charge in [0.2, 0.25) is 0 Å². The number of hydrogen-bond acceptors (Lipinski definition) is 1. The fourth-order valence-electron chi connectivity index (χ4n) is 6.01. The first kappa shape index (κ1) is 20.3. The van der Waals surface area contributed by atoms with Crippen molar-refractivity contribution in [1.29, 1.82) is 0 Å². The van der Waals surface area contributed by atoms with E-state index in [2.05, 4.69) is 138 Å². The lowest BCUT2D eigenvalue weighted by Crippen LogP contribution is -1.99. The highest BCUT2D eigenvalue weighted by molar-refractivity contribution is 6.25. The number of rotatable bonds is 2. The molecule has 2 heteroatoms. The van der Waals surface area contributed by atoms with E-state index in [1.807, 2.05) is 0 Å². The molecule has 8 aromatic rings. The summed E-state index contributed by atoms with van der Waals surface area (Å²) in [5.41, 5.74) is 7.97. The van der Waals surface area contributed by atoms with Crippen LogP contribution in [0.3, 0.4) is 0 Å². The second-order valence-corrected chi connectivity index (χ2v) is 9.56. The summed E-state index contributed by atoms with van der Waals surface area (Å²) in [6, 6.07) is 47.6. The van der Waals surface area contributed by atoms with Crippen LogP contribution in [-0.4, -0.2) is 9.38 Å². The minimum absolute atomic E-state index is 0.991. The zero-order valence-corrected chi connectivity index (χ0v) is 20.1. The van der Waals surface area contributed by atoms with Crippen LogP contribution in [-0.2, 0) is 0 Å². The first-order valence-electron chi connectivity index (χ1n) is 12.7. The second kappa shape index (κ2) is 7.78. The molecule has 8 rings (SSSR count). The number of aromatic nitrogens is 2. The molecule has 0 fully saturated rings. The summed E-state index contributed by atoms with van der Waals surface area (Å²) >= 11 is 0. The van der Waals surface area contributed by atoms with Gasteiger partial charge >= 0.3 is 0 Å². The Morgan fingerprint density at radius 2 is 0.892 bits per heavy atom. The Hall–Kier alpha value is -4.95. The summed E-state index contributed by atoms with van der Waals surface area (Å²) in [6.45, 7) is 0. The molecule has 2 heterocycles. The van der Waals surface area contributed by atoms with Crippen molar-refractivity contribution < 1.29 is 0 Å². The lowest BCUT2D eigenvalue weighted by atomic mass is 9.93. The van der Waals surface area contributed by atoms with Gasteiger partial charge in [0.25, 0.3) is 0 Å². The van der Waals surface area contributed by atoms with E-state index >= 15 is 0 Å². The number of nitrogens with zero attached hydrogens (tertiary/aromatic N) is 2. The smallest absolute Gasteiger partial charge is 0.146 e. The van der Waals surface area contributed by atoms with Gasteiger partial charge in [-0.25, -0.2) is 4.98 Å². The quantitative estimate of drug-likeness (QED) is 0.230. The van der Waals surface area contributed by atoms with Crippen molar-refractivity contribution in [2.45, 2.75) is 0 Å². The summed E-state index contributed by atoms with van der Waals surface area (Å²) < 4.78 is 2.42. The van der Waals surface area contributed by atoms with Gasteiger partial charge in [-0.05, 0) is 27.3 Å². The van der Waals surface area contributed by atoms with Gasteiger partial charge in [0, 0.05) is 21.7 Å². The summed E-state index contributed by atoms with van der Waals surface area (Å²) in [5, 5.41) is 7.26. The largest absolute Gasteiger partial charge is 0.290 e. The molecule has 0 atom stereocenters. The van der Waals surface area contributed by atoms with Crippen molar-refractivity contribution in [1.82, 2.24) is 9.38 Å². The van der Waals surface area contributed by atoms with Crippen LogP contribution in [0.5, 0.6) is 0 Å². The van der Waals surface area contributed by atoms with E-state index in [-0.39, 0.29) is 0 Å². The van der Waals surface area contributed by atoms with Crippen molar-refractivity contribution in [2.24, 2.45) is 0 Å². The molecule has 172 valence electrons. The third kappa shape index (κ3) is 2.84. The normalized spacial score (nSPS) is 11.8. The number of benzene rings is 6. The summed E-state index contributed by atoms with van der Waals surface area (Å²) in [7, 11) is 0. The number of imidazole rings is 1. The molecular formula is C35H22N2. The molecule has 37 heavy (non-hydrogen) atoms. The SMILES string of the molecule is c1ccc(-c2c(-c3ccccc3)n3c(nc4c5ccccc5c5ccccc5c43)c3ccccc23)cc1. The second-order valence-electron chi connectivity index (χ2n) is 9.56.